The van der Waals surface area contributed by atoms with Crippen LogP contribution in [0.15, 0.2) is 66.0 Å². The number of nitrogens with zero attached hydrogens (tertiary/aromatic N) is 2. The molecule has 1 N–H and O–H groups in total. The number of thiophene rings is 1. The van der Waals surface area contributed by atoms with E-state index in [4.69, 9.17) is 10.00 Å². The van der Waals surface area contributed by atoms with Gasteiger partial charge in [-0.05, 0) is 42.6 Å². The largest absolute Gasteiger partial charge is 0.455 e. The molecule has 2 atom stereocenters. The number of nitriles is 1. The number of para-hydroxylation sites is 1. The maximum Gasteiger partial charge on any atom is 0.312 e. The summed E-state index contributed by atoms with van der Waals surface area (Å²) < 4.78 is 5.31. The summed E-state index contributed by atoms with van der Waals surface area (Å²) in [5.74, 6) is -2.08. The highest BCUT2D eigenvalue weighted by molar-refractivity contribution is 7.10. The molecule has 1 saturated heterocycles. The Morgan fingerprint density at radius 3 is 2.61 bits per heavy atom. The van der Waals surface area contributed by atoms with Gasteiger partial charge in [0.1, 0.15) is 6.07 Å². The molecule has 8 heteroatoms. The predicted molar refractivity (Wildman–Crippen MR) is 125 cm³/mol. The van der Waals surface area contributed by atoms with Crippen LogP contribution < -0.4 is 10.2 Å². The lowest BCUT2D eigenvalue weighted by atomic mass is 9.99. The van der Waals surface area contributed by atoms with Crippen molar-refractivity contribution < 1.29 is 19.1 Å². The van der Waals surface area contributed by atoms with E-state index in [0.717, 1.165) is 10.4 Å². The molecule has 0 radical (unpaired) electrons. The first kappa shape index (κ1) is 22.2. The maximum absolute atomic E-state index is 13.0. The van der Waals surface area contributed by atoms with Crippen LogP contribution in [0, 0.1) is 24.2 Å². The number of benzene rings is 2. The van der Waals surface area contributed by atoms with Crippen molar-refractivity contribution in [1.82, 2.24) is 0 Å². The van der Waals surface area contributed by atoms with Crippen molar-refractivity contribution in [3.63, 3.8) is 0 Å². The minimum absolute atomic E-state index is 0.00579. The number of anilines is 2. The number of nitrogens with one attached hydrogen (secondary N) is 1. The fraction of sp³-hybridized carbons (Fsp3) is 0.200. The van der Waals surface area contributed by atoms with E-state index in [1.54, 1.807) is 29.2 Å². The summed E-state index contributed by atoms with van der Waals surface area (Å²) in [6.45, 7) is 1.46. The third kappa shape index (κ3) is 4.78. The van der Waals surface area contributed by atoms with E-state index in [2.05, 4.69) is 5.32 Å². The molecule has 1 aromatic heterocycles. The Labute approximate surface area is 195 Å². The number of hydrogen-bond acceptors (Lipinski definition) is 6. The second-order valence-electron chi connectivity index (χ2n) is 7.68. The van der Waals surface area contributed by atoms with E-state index >= 15 is 0 Å². The Hall–Kier alpha value is -3.96. The van der Waals surface area contributed by atoms with Gasteiger partial charge in [0.05, 0.1) is 23.2 Å². The number of hydrogen-bond donors (Lipinski definition) is 1. The Balaban J connectivity index is 1.49. The van der Waals surface area contributed by atoms with Crippen LogP contribution >= 0.6 is 11.3 Å². The quantitative estimate of drug-likeness (QED) is 0.557. The molecule has 3 aromatic rings. The molecule has 2 unspecified atom stereocenters. The van der Waals surface area contributed by atoms with E-state index < -0.39 is 30.4 Å². The first-order chi connectivity index (χ1) is 16.0. The standard InChI is InChI=1S/C25H21N3O4S/c1-16-8-10-18(11-9-16)28-23(30)13-19(24(28)21-7-4-12-33-21)25(31)32-15-22(29)27-20-6-3-2-5-17(20)14-26/h2-12,19,24H,13,15H2,1H3,(H,27,29). The van der Waals surface area contributed by atoms with Gasteiger partial charge in [-0.25, -0.2) is 0 Å². The summed E-state index contributed by atoms with van der Waals surface area (Å²) in [7, 11) is 0. The summed E-state index contributed by atoms with van der Waals surface area (Å²) >= 11 is 1.46. The molecule has 2 heterocycles. The molecule has 166 valence electrons. The fourth-order valence-corrected chi connectivity index (χ4v) is 4.74. The van der Waals surface area contributed by atoms with Crippen LogP contribution in [0.1, 0.15) is 28.5 Å². The fourth-order valence-electron chi connectivity index (χ4n) is 3.86. The summed E-state index contributed by atoms with van der Waals surface area (Å²) in [6.07, 6.45) is -0.00579. The lowest BCUT2D eigenvalue weighted by Gasteiger charge is -2.27. The second kappa shape index (κ2) is 9.67. The number of carbonyl (C=O) groups is 3. The first-order valence-corrected chi connectivity index (χ1v) is 11.2. The molecule has 33 heavy (non-hydrogen) atoms. The van der Waals surface area contributed by atoms with Gasteiger partial charge in [-0.15, -0.1) is 11.3 Å². The minimum Gasteiger partial charge on any atom is -0.455 e. The van der Waals surface area contributed by atoms with Crippen molar-refractivity contribution in [3.8, 4) is 6.07 Å². The number of rotatable bonds is 6. The van der Waals surface area contributed by atoms with Gasteiger partial charge in [-0.2, -0.15) is 5.26 Å². The molecule has 0 bridgehead atoms. The Bertz CT molecular complexity index is 1220. The predicted octanol–water partition coefficient (Wildman–Crippen LogP) is 4.20. The van der Waals surface area contributed by atoms with Crippen LogP contribution in [-0.2, 0) is 19.1 Å². The van der Waals surface area contributed by atoms with Gasteiger partial charge in [-0.3, -0.25) is 14.4 Å². The van der Waals surface area contributed by atoms with Gasteiger partial charge >= 0.3 is 5.97 Å². The molecule has 1 aliphatic heterocycles. The van der Waals surface area contributed by atoms with Gasteiger partial charge in [0.15, 0.2) is 6.61 Å². The zero-order chi connectivity index (χ0) is 23.4. The molecule has 0 aliphatic carbocycles. The Kier molecular flexibility index (Phi) is 6.52. The van der Waals surface area contributed by atoms with Gasteiger partial charge < -0.3 is 15.0 Å². The smallest absolute Gasteiger partial charge is 0.312 e. The molecule has 2 aromatic carbocycles. The van der Waals surface area contributed by atoms with Crippen molar-refractivity contribution in [3.05, 3.63) is 82.0 Å². The van der Waals surface area contributed by atoms with Crippen LogP contribution in [0.25, 0.3) is 0 Å². The first-order valence-electron chi connectivity index (χ1n) is 10.4. The Morgan fingerprint density at radius 2 is 1.91 bits per heavy atom. The summed E-state index contributed by atoms with van der Waals surface area (Å²) in [5, 5.41) is 13.6. The topological polar surface area (TPSA) is 99.5 Å². The van der Waals surface area contributed by atoms with Gasteiger partial charge in [-0.1, -0.05) is 35.9 Å². The highest BCUT2D eigenvalue weighted by atomic mass is 32.1. The Morgan fingerprint density at radius 1 is 1.15 bits per heavy atom. The molecular weight excluding hydrogens is 438 g/mol. The van der Waals surface area contributed by atoms with Gasteiger partial charge in [0.2, 0.25) is 5.91 Å². The molecule has 7 nitrogen and oxygen atoms in total. The van der Waals surface area contributed by atoms with Crippen LogP contribution in [0.3, 0.4) is 0 Å². The monoisotopic (exact) mass is 459 g/mol. The average molecular weight is 460 g/mol. The van der Waals surface area contributed by atoms with Crippen molar-refractivity contribution in [2.24, 2.45) is 5.92 Å². The van der Waals surface area contributed by atoms with Crippen LogP contribution in [0.5, 0.6) is 0 Å². The maximum atomic E-state index is 13.0. The average Bonchev–Trinajstić information content (AvgIpc) is 3.46. The summed E-state index contributed by atoms with van der Waals surface area (Å²) in [4.78, 5) is 40.8. The van der Waals surface area contributed by atoms with E-state index in [9.17, 15) is 14.4 Å². The van der Waals surface area contributed by atoms with E-state index in [0.29, 0.717) is 16.9 Å². The number of aryl methyl sites for hydroxylation is 1. The zero-order valence-electron chi connectivity index (χ0n) is 17.9. The molecule has 1 fully saturated rings. The lowest BCUT2D eigenvalue weighted by molar-refractivity contribution is -0.152. The molecular formula is C25H21N3O4S. The van der Waals surface area contributed by atoms with Crippen molar-refractivity contribution in [2.45, 2.75) is 19.4 Å². The van der Waals surface area contributed by atoms with Crippen LogP contribution in [0.2, 0.25) is 0 Å². The van der Waals surface area contributed by atoms with Crippen molar-refractivity contribution in [2.75, 3.05) is 16.8 Å². The van der Waals surface area contributed by atoms with E-state index in [-0.39, 0.29) is 12.3 Å². The second-order valence-corrected chi connectivity index (χ2v) is 8.66. The molecule has 0 spiro atoms. The third-order valence-electron chi connectivity index (χ3n) is 5.44. The summed E-state index contributed by atoms with van der Waals surface area (Å²) in [6, 6.07) is 19.4. The van der Waals surface area contributed by atoms with E-state index in [1.165, 1.54) is 11.3 Å². The van der Waals surface area contributed by atoms with Gasteiger partial charge in [0, 0.05) is 17.0 Å². The van der Waals surface area contributed by atoms with Crippen molar-refractivity contribution in [1.29, 1.82) is 5.26 Å². The number of ether oxygens (including phenoxy) is 1. The normalized spacial score (nSPS) is 17.5. The van der Waals surface area contributed by atoms with Gasteiger partial charge in [0.25, 0.3) is 5.91 Å². The van der Waals surface area contributed by atoms with Crippen LogP contribution in [0.4, 0.5) is 11.4 Å². The number of amides is 2. The van der Waals surface area contributed by atoms with Crippen molar-refractivity contribution >= 4 is 40.5 Å². The minimum atomic E-state index is -0.739. The molecule has 2 amide bonds. The highest BCUT2D eigenvalue weighted by Crippen LogP contribution is 2.43. The van der Waals surface area contributed by atoms with E-state index in [1.807, 2.05) is 54.8 Å². The van der Waals surface area contributed by atoms with Crippen LogP contribution in [-0.4, -0.2) is 24.4 Å². The highest BCUT2D eigenvalue weighted by Gasteiger charge is 2.46. The summed E-state index contributed by atoms with van der Waals surface area (Å²) in [5.41, 5.74) is 2.44. The number of esters is 1. The zero-order valence-corrected chi connectivity index (χ0v) is 18.7. The third-order valence-corrected chi connectivity index (χ3v) is 6.38. The molecule has 0 saturated carbocycles. The molecule has 1 aliphatic rings. The molecule has 4 rings (SSSR count). The SMILES string of the molecule is Cc1ccc(N2C(=O)CC(C(=O)OCC(=O)Nc3ccccc3C#N)C2c2cccs2)cc1. The lowest BCUT2D eigenvalue weighted by Crippen LogP contribution is -2.31. The number of carbonyl (C=O) groups excluding carboxylic acids is 3.